The molecule has 0 aromatic heterocycles. The van der Waals surface area contributed by atoms with E-state index in [2.05, 4.69) is 0 Å². The van der Waals surface area contributed by atoms with Gasteiger partial charge in [0.2, 0.25) is 5.91 Å². The Labute approximate surface area is 168 Å². The van der Waals surface area contributed by atoms with Gasteiger partial charge in [-0.3, -0.25) is 9.59 Å². The standard InChI is InChI=1S/C23H32N2O3/c1-24(19-5-3-2-4-6-19)22(26)17-9-11-20(12-10-17)28-21-13-15-25(16-14-21)23(27)18-7-8-18/h9-12,18-19,21H,2-8,13-16H2,1H3. The van der Waals surface area contributed by atoms with Gasteiger partial charge in [0.05, 0.1) is 0 Å². The first-order valence-electron chi connectivity index (χ1n) is 10.9. The lowest BCUT2D eigenvalue weighted by Crippen LogP contribution is -2.42. The number of carbonyl (C=O) groups is 2. The zero-order chi connectivity index (χ0) is 19.5. The summed E-state index contributed by atoms with van der Waals surface area (Å²) in [4.78, 5) is 28.8. The molecule has 5 nitrogen and oxygen atoms in total. The predicted molar refractivity (Wildman–Crippen MR) is 108 cm³/mol. The van der Waals surface area contributed by atoms with Crippen molar-refractivity contribution in [3.05, 3.63) is 29.8 Å². The molecule has 0 bridgehead atoms. The van der Waals surface area contributed by atoms with E-state index in [4.69, 9.17) is 4.74 Å². The Morgan fingerprint density at radius 1 is 0.929 bits per heavy atom. The van der Waals surface area contributed by atoms with Crippen LogP contribution in [0.1, 0.15) is 68.1 Å². The summed E-state index contributed by atoms with van der Waals surface area (Å²) in [6.07, 6.45) is 10.0. The zero-order valence-electron chi connectivity index (χ0n) is 16.9. The van der Waals surface area contributed by atoms with Gasteiger partial charge in [-0.25, -0.2) is 0 Å². The molecule has 2 amide bonds. The minimum atomic E-state index is 0.102. The predicted octanol–water partition coefficient (Wildman–Crippen LogP) is 3.87. The number of rotatable bonds is 5. The summed E-state index contributed by atoms with van der Waals surface area (Å²) in [5.41, 5.74) is 0.727. The second-order valence-electron chi connectivity index (χ2n) is 8.65. The van der Waals surface area contributed by atoms with E-state index in [1.165, 1.54) is 19.3 Å². The highest BCUT2D eigenvalue weighted by Crippen LogP contribution is 2.32. The van der Waals surface area contributed by atoms with Crippen LogP contribution in [0.4, 0.5) is 0 Å². The highest BCUT2D eigenvalue weighted by atomic mass is 16.5. The number of amides is 2. The minimum Gasteiger partial charge on any atom is -0.490 e. The Balaban J connectivity index is 1.27. The molecule has 2 aliphatic carbocycles. The number of benzene rings is 1. The molecule has 5 heteroatoms. The van der Waals surface area contributed by atoms with Crippen molar-refractivity contribution in [1.82, 2.24) is 9.80 Å². The van der Waals surface area contributed by atoms with Crippen LogP contribution < -0.4 is 4.74 Å². The van der Waals surface area contributed by atoms with E-state index < -0.39 is 0 Å². The van der Waals surface area contributed by atoms with Gasteiger partial charge < -0.3 is 14.5 Å². The lowest BCUT2D eigenvalue weighted by molar-refractivity contribution is -0.134. The van der Waals surface area contributed by atoms with E-state index in [0.717, 1.165) is 62.9 Å². The molecule has 0 radical (unpaired) electrons. The van der Waals surface area contributed by atoms with Crippen LogP contribution in [0.3, 0.4) is 0 Å². The fourth-order valence-corrected chi connectivity index (χ4v) is 4.49. The Morgan fingerprint density at radius 3 is 2.18 bits per heavy atom. The minimum absolute atomic E-state index is 0.102. The molecule has 3 aliphatic rings. The molecule has 3 fully saturated rings. The molecule has 4 rings (SSSR count). The summed E-state index contributed by atoms with van der Waals surface area (Å²) >= 11 is 0. The van der Waals surface area contributed by atoms with Gasteiger partial charge in [-0.15, -0.1) is 0 Å². The third-order valence-corrected chi connectivity index (χ3v) is 6.53. The Morgan fingerprint density at radius 2 is 1.57 bits per heavy atom. The van der Waals surface area contributed by atoms with Crippen molar-refractivity contribution in [3.63, 3.8) is 0 Å². The largest absolute Gasteiger partial charge is 0.490 e. The third-order valence-electron chi connectivity index (χ3n) is 6.53. The van der Waals surface area contributed by atoms with Crippen LogP contribution in [0.2, 0.25) is 0 Å². The number of hydrogen-bond acceptors (Lipinski definition) is 3. The molecule has 152 valence electrons. The van der Waals surface area contributed by atoms with Gasteiger partial charge in [0.25, 0.3) is 5.91 Å². The lowest BCUT2D eigenvalue weighted by atomic mass is 9.94. The van der Waals surface area contributed by atoms with Crippen LogP contribution in [-0.2, 0) is 4.79 Å². The summed E-state index contributed by atoms with van der Waals surface area (Å²) in [7, 11) is 1.93. The molecule has 1 saturated heterocycles. The first kappa shape index (κ1) is 19.3. The second kappa shape index (κ2) is 8.54. The maximum atomic E-state index is 12.8. The van der Waals surface area contributed by atoms with Crippen LogP contribution in [0.25, 0.3) is 0 Å². The van der Waals surface area contributed by atoms with E-state index in [1.807, 2.05) is 41.1 Å². The van der Waals surface area contributed by atoms with Crippen molar-refractivity contribution >= 4 is 11.8 Å². The quantitative estimate of drug-likeness (QED) is 0.774. The van der Waals surface area contributed by atoms with E-state index in [-0.39, 0.29) is 12.0 Å². The lowest BCUT2D eigenvalue weighted by Gasteiger charge is -2.32. The maximum absolute atomic E-state index is 12.8. The van der Waals surface area contributed by atoms with Crippen molar-refractivity contribution in [3.8, 4) is 5.75 Å². The zero-order valence-corrected chi connectivity index (χ0v) is 16.9. The van der Waals surface area contributed by atoms with Crippen molar-refractivity contribution in [2.75, 3.05) is 20.1 Å². The first-order valence-corrected chi connectivity index (χ1v) is 10.9. The summed E-state index contributed by atoms with van der Waals surface area (Å²) in [6, 6.07) is 7.94. The van der Waals surface area contributed by atoms with Crippen LogP contribution in [0, 0.1) is 5.92 Å². The van der Waals surface area contributed by atoms with Crippen molar-refractivity contribution in [2.24, 2.45) is 5.92 Å². The molecule has 0 N–H and O–H groups in total. The number of piperidine rings is 1. The van der Waals surface area contributed by atoms with Gasteiger partial charge >= 0.3 is 0 Å². The summed E-state index contributed by atoms with van der Waals surface area (Å²) in [6.45, 7) is 1.59. The topological polar surface area (TPSA) is 49.9 Å². The average Bonchev–Trinajstić information content (AvgIpc) is 3.59. The normalized spacial score (nSPS) is 21.4. The third kappa shape index (κ3) is 4.50. The molecule has 1 heterocycles. The number of ether oxygens (including phenoxy) is 1. The first-order chi connectivity index (χ1) is 13.6. The number of likely N-dealkylation sites (tertiary alicyclic amines) is 1. The van der Waals surface area contributed by atoms with E-state index in [0.29, 0.717) is 17.9 Å². The Hall–Kier alpha value is -2.04. The maximum Gasteiger partial charge on any atom is 0.253 e. The van der Waals surface area contributed by atoms with Crippen LogP contribution >= 0.6 is 0 Å². The summed E-state index contributed by atoms with van der Waals surface area (Å²) in [5.74, 6) is 1.55. The molecular formula is C23H32N2O3. The van der Waals surface area contributed by atoms with Crippen molar-refractivity contribution in [1.29, 1.82) is 0 Å². The fourth-order valence-electron chi connectivity index (χ4n) is 4.49. The average molecular weight is 385 g/mol. The molecule has 1 aliphatic heterocycles. The number of nitrogens with zero attached hydrogens (tertiary/aromatic N) is 2. The smallest absolute Gasteiger partial charge is 0.253 e. The van der Waals surface area contributed by atoms with Crippen LogP contribution in [0.15, 0.2) is 24.3 Å². The highest BCUT2D eigenvalue weighted by Gasteiger charge is 2.35. The number of carbonyl (C=O) groups excluding carboxylic acids is 2. The van der Waals surface area contributed by atoms with E-state index >= 15 is 0 Å². The second-order valence-corrected chi connectivity index (χ2v) is 8.65. The summed E-state index contributed by atoms with van der Waals surface area (Å²) < 4.78 is 6.11. The molecule has 2 saturated carbocycles. The molecule has 1 aromatic carbocycles. The summed E-state index contributed by atoms with van der Waals surface area (Å²) in [5, 5.41) is 0. The monoisotopic (exact) mass is 384 g/mol. The van der Waals surface area contributed by atoms with Crippen LogP contribution in [0.5, 0.6) is 5.75 Å². The van der Waals surface area contributed by atoms with Gasteiger partial charge in [0.15, 0.2) is 0 Å². The van der Waals surface area contributed by atoms with E-state index in [1.54, 1.807) is 0 Å². The van der Waals surface area contributed by atoms with Crippen LogP contribution in [-0.4, -0.2) is 53.9 Å². The Bertz CT molecular complexity index is 684. The van der Waals surface area contributed by atoms with Crippen molar-refractivity contribution < 1.29 is 14.3 Å². The molecule has 1 aromatic rings. The molecular weight excluding hydrogens is 352 g/mol. The fraction of sp³-hybridized carbons (Fsp3) is 0.652. The van der Waals surface area contributed by atoms with Gasteiger partial charge in [0.1, 0.15) is 11.9 Å². The molecule has 0 atom stereocenters. The Kier molecular flexibility index (Phi) is 5.88. The molecule has 0 unspecified atom stereocenters. The molecule has 0 spiro atoms. The van der Waals surface area contributed by atoms with Gasteiger partial charge in [0, 0.05) is 50.5 Å². The molecule has 28 heavy (non-hydrogen) atoms. The van der Waals surface area contributed by atoms with Crippen molar-refractivity contribution in [2.45, 2.75) is 69.9 Å². The SMILES string of the molecule is CN(C(=O)c1ccc(OC2CCN(C(=O)C3CC3)CC2)cc1)C1CCCCC1. The number of hydrogen-bond donors (Lipinski definition) is 0. The van der Waals surface area contributed by atoms with E-state index in [9.17, 15) is 9.59 Å². The van der Waals surface area contributed by atoms with Gasteiger partial charge in [-0.2, -0.15) is 0 Å². The van der Waals surface area contributed by atoms with Gasteiger partial charge in [-0.05, 0) is 49.9 Å². The van der Waals surface area contributed by atoms with Gasteiger partial charge in [-0.1, -0.05) is 19.3 Å². The highest BCUT2D eigenvalue weighted by molar-refractivity contribution is 5.94.